The Labute approximate surface area is 89.3 Å². The fraction of sp³-hybridized carbons (Fsp3) is 0.455. The molecule has 1 saturated heterocycles. The predicted octanol–water partition coefficient (Wildman–Crippen LogP) is 0.515. The molecule has 0 bridgehead atoms. The summed E-state index contributed by atoms with van der Waals surface area (Å²) in [6, 6.07) is 3.83. The van der Waals surface area contributed by atoms with Crippen molar-refractivity contribution in [3.8, 4) is 0 Å². The fourth-order valence-corrected chi connectivity index (χ4v) is 1.82. The van der Waals surface area contributed by atoms with Crippen LogP contribution in [0.5, 0.6) is 0 Å². The molecule has 1 aromatic heterocycles. The van der Waals surface area contributed by atoms with Gasteiger partial charge in [-0.2, -0.15) is 0 Å². The average molecular weight is 205 g/mol. The van der Waals surface area contributed by atoms with Crippen molar-refractivity contribution in [1.29, 1.82) is 0 Å². The first kappa shape index (κ1) is 10.1. The van der Waals surface area contributed by atoms with Crippen molar-refractivity contribution >= 4 is 5.91 Å². The second-order valence-electron chi connectivity index (χ2n) is 3.96. The second kappa shape index (κ2) is 4.40. The Morgan fingerprint density at radius 3 is 3.13 bits per heavy atom. The van der Waals surface area contributed by atoms with Crippen LogP contribution in [0.3, 0.4) is 0 Å². The summed E-state index contributed by atoms with van der Waals surface area (Å²) in [5.41, 5.74) is 0.632. The summed E-state index contributed by atoms with van der Waals surface area (Å²) in [6.07, 6.45) is 4.29. The van der Waals surface area contributed by atoms with Gasteiger partial charge in [-0.15, -0.1) is 0 Å². The van der Waals surface area contributed by atoms with Crippen LogP contribution in [0.15, 0.2) is 24.5 Å². The molecule has 1 unspecified atom stereocenters. The number of rotatable bonds is 2. The first-order chi connectivity index (χ1) is 7.25. The van der Waals surface area contributed by atoms with E-state index in [0.717, 1.165) is 19.5 Å². The molecule has 0 spiro atoms. The van der Waals surface area contributed by atoms with E-state index < -0.39 is 0 Å². The molecule has 4 heteroatoms. The zero-order chi connectivity index (χ0) is 10.7. The van der Waals surface area contributed by atoms with Gasteiger partial charge >= 0.3 is 0 Å². The number of nitrogens with zero attached hydrogens (tertiary/aromatic N) is 2. The molecule has 2 rings (SSSR count). The van der Waals surface area contributed by atoms with Crippen molar-refractivity contribution in [1.82, 2.24) is 15.2 Å². The summed E-state index contributed by atoms with van der Waals surface area (Å²) in [7, 11) is 2.07. The monoisotopic (exact) mass is 205 g/mol. The zero-order valence-electron chi connectivity index (χ0n) is 8.81. The fourth-order valence-electron chi connectivity index (χ4n) is 1.82. The SMILES string of the molecule is CN1CCC(NC(=O)c2cccnc2)C1. The summed E-state index contributed by atoms with van der Waals surface area (Å²) in [4.78, 5) is 17.9. The quantitative estimate of drug-likeness (QED) is 0.765. The first-order valence-corrected chi connectivity index (χ1v) is 5.15. The number of aromatic nitrogens is 1. The molecule has 1 amide bonds. The number of hydrogen-bond acceptors (Lipinski definition) is 3. The standard InChI is InChI=1S/C11H15N3O/c1-14-6-4-10(8-14)13-11(15)9-3-2-5-12-7-9/h2-3,5,7,10H,4,6,8H2,1H3,(H,13,15). The highest BCUT2D eigenvalue weighted by Gasteiger charge is 2.21. The van der Waals surface area contributed by atoms with Gasteiger partial charge in [0.1, 0.15) is 0 Å². The highest BCUT2D eigenvalue weighted by atomic mass is 16.1. The third-order valence-electron chi connectivity index (χ3n) is 2.65. The van der Waals surface area contributed by atoms with Gasteiger partial charge in [0.15, 0.2) is 0 Å². The maximum Gasteiger partial charge on any atom is 0.253 e. The highest BCUT2D eigenvalue weighted by Crippen LogP contribution is 2.07. The van der Waals surface area contributed by atoms with Crippen LogP contribution in [0.25, 0.3) is 0 Å². The van der Waals surface area contributed by atoms with Gasteiger partial charge in [0.05, 0.1) is 5.56 Å². The Bertz CT molecular complexity index is 339. The lowest BCUT2D eigenvalue weighted by molar-refractivity contribution is 0.0938. The van der Waals surface area contributed by atoms with Crippen molar-refractivity contribution in [2.24, 2.45) is 0 Å². The smallest absolute Gasteiger partial charge is 0.253 e. The van der Waals surface area contributed by atoms with Gasteiger partial charge in [0.25, 0.3) is 5.91 Å². The van der Waals surface area contributed by atoms with E-state index in [1.165, 1.54) is 0 Å². The van der Waals surface area contributed by atoms with Gasteiger partial charge in [-0.05, 0) is 32.1 Å². The topological polar surface area (TPSA) is 45.2 Å². The van der Waals surface area contributed by atoms with Crippen molar-refractivity contribution < 1.29 is 4.79 Å². The van der Waals surface area contributed by atoms with Crippen LogP contribution in [0.4, 0.5) is 0 Å². The summed E-state index contributed by atoms with van der Waals surface area (Å²) in [6.45, 7) is 1.99. The van der Waals surface area contributed by atoms with E-state index in [1.807, 2.05) is 0 Å². The number of carbonyl (C=O) groups is 1. The Balaban J connectivity index is 1.93. The third-order valence-corrected chi connectivity index (χ3v) is 2.65. The van der Waals surface area contributed by atoms with Gasteiger partial charge in [-0.3, -0.25) is 9.78 Å². The lowest BCUT2D eigenvalue weighted by atomic mass is 10.2. The molecule has 1 atom stereocenters. The molecule has 0 radical (unpaired) electrons. The van der Waals surface area contributed by atoms with Crippen molar-refractivity contribution in [2.45, 2.75) is 12.5 Å². The van der Waals surface area contributed by atoms with Crippen molar-refractivity contribution in [3.05, 3.63) is 30.1 Å². The molecule has 2 heterocycles. The van der Waals surface area contributed by atoms with Crippen LogP contribution in [-0.2, 0) is 0 Å². The predicted molar refractivity (Wildman–Crippen MR) is 57.6 cm³/mol. The number of likely N-dealkylation sites (N-methyl/N-ethyl adjacent to an activating group) is 1. The molecule has 15 heavy (non-hydrogen) atoms. The summed E-state index contributed by atoms with van der Waals surface area (Å²) in [5.74, 6) is -0.0246. The van der Waals surface area contributed by atoms with Gasteiger partial charge in [-0.25, -0.2) is 0 Å². The first-order valence-electron chi connectivity index (χ1n) is 5.15. The minimum atomic E-state index is -0.0246. The van der Waals surface area contributed by atoms with Crippen LogP contribution in [0, 0.1) is 0 Å². The maximum atomic E-state index is 11.7. The normalized spacial score (nSPS) is 21.5. The lowest BCUT2D eigenvalue weighted by Crippen LogP contribution is -2.36. The van der Waals surface area contributed by atoms with E-state index in [0.29, 0.717) is 5.56 Å². The van der Waals surface area contributed by atoms with Crippen LogP contribution in [-0.4, -0.2) is 42.0 Å². The molecule has 0 aliphatic carbocycles. The van der Waals surface area contributed by atoms with Crippen LogP contribution >= 0.6 is 0 Å². The van der Waals surface area contributed by atoms with Gasteiger partial charge in [-0.1, -0.05) is 0 Å². The van der Waals surface area contributed by atoms with Crippen LogP contribution < -0.4 is 5.32 Å². The van der Waals surface area contributed by atoms with Crippen molar-refractivity contribution in [3.63, 3.8) is 0 Å². The molecule has 0 aromatic carbocycles. The summed E-state index contributed by atoms with van der Waals surface area (Å²) < 4.78 is 0. The molecule has 0 saturated carbocycles. The minimum absolute atomic E-state index is 0.0246. The highest BCUT2D eigenvalue weighted by molar-refractivity contribution is 5.94. The van der Waals surface area contributed by atoms with E-state index >= 15 is 0 Å². The third kappa shape index (κ3) is 2.53. The van der Waals surface area contributed by atoms with E-state index in [2.05, 4.69) is 22.2 Å². The Hall–Kier alpha value is -1.42. The van der Waals surface area contributed by atoms with Crippen LogP contribution in [0.1, 0.15) is 16.8 Å². The Kier molecular flexibility index (Phi) is 2.97. The van der Waals surface area contributed by atoms with Crippen LogP contribution in [0.2, 0.25) is 0 Å². The molecular weight excluding hydrogens is 190 g/mol. The molecule has 1 N–H and O–H groups in total. The molecule has 80 valence electrons. The number of nitrogens with one attached hydrogen (secondary N) is 1. The Morgan fingerprint density at radius 2 is 2.53 bits per heavy atom. The number of amides is 1. The summed E-state index contributed by atoms with van der Waals surface area (Å²) in [5, 5.41) is 3.00. The minimum Gasteiger partial charge on any atom is -0.348 e. The summed E-state index contributed by atoms with van der Waals surface area (Å²) >= 11 is 0. The molecule has 1 aliphatic rings. The largest absolute Gasteiger partial charge is 0.348 e. The van der Waals surface area contributed by atoms with E-state index in [9.17, 15) is 4.79 Å². The van der Waals surface area contributed by atoms with Gasteiger partial charge < -0.3 is 10.2 Å². The Morgan fingerprint density at radius 1 is 1.67 bits per heavy atom. The van der Waals surface area contributed by atoms with E-state index in [-0.39, 0.29) is 11.9 Å². The number of carbonyl (C=O) groups excluding carboxylic acids is 1. The van der Waals surface area contributed by atoms with E-state index in [4.69, 9.17) is 0 Å². The zero-order valence-corrected chi connectivity index (χ0v) is 8.81. The van der Waals surface area contributed by atoms with Gasteiger partial charge in [0, 0.05) is 25.0 Å². The second-order valence-corrected chi connectivity index (χ2v) is 3.96. The molecule has 1 fully saturated rings. The maximum absolute atomic E-state index is 11.7. The number of pyridine rings is 1. The average Bonchev–Trinajstić information content (AvgIpc) is 2.65. The van der Waals surface area contributed by atoms with E-state index in [1.54, 1.807) is 24.5 Å². The van der Waals surface area contributed by atoms with Gasteiger partial charge in [0.2, 0.25) is 0 Å². The molecular formula is C11H15N3O. The molecule has 1 aromatic rings. The number of hydrogen-bond donors (Lipinski definition) is 1. The number of likely N-dealkylation sites (tertiary alicyclic amines) is 1. The lowest BCUT2D eigenvalue weighted by Gasteiger charge is -2.12. The molecule has 4 nitrogen and oxygen atoms in total. The van der Waals surface area contributed by atoms with Crippen molar-refractivity contribution in [2.75, 3.05) is 20.1 Å². The molecule has 1 aliphatic heterocycles.